The van der Waals surface area contributed by atoms with Crippen LogP contribution in [0.4, 0.5) is 8.78 Å². The number of hydrogen-bond donors (Lipinski definition) is 1. The van der Waals surface area contributed by atoms with Crippen molar-refractivity contribution in [1.82, 2.24) is 19.7 Å². The minimum atomic E-state index is -2.85. The summed E-state index contributed by atoms with van der Waals surface area (Å²) >= 11 is 1.33. The molecule has 4 rings (SSSR count). The zero-order chi connectivity index (χ0) is 19.5. The van der Waals surface area contributed by atoms with E-state index in [2.05, 4.69) is 19.8 Å². The molecule has 0 aliphatic carbocycles. The van der Waals surface area contributed by atoms with E-state index in [1.807, 2.05) is 30.3 Å². The summed E-state index contributed by atoms with van der Waals surface area (Å²) < 4.78 is 30.4. The molecule has 0 aliphatic rings. The maximum absolute atomic E-state index is 12.4. The molecule has 0 atom stereocenters. The highest BCUT2D eigenvalue weighted by molar-refractivity contribution is 7.98. The first-order valence-corrected chi connectivity index (χ1v) is 9.29. The SMILES string of the molecule is O=c1[nH]c(SCc2ccc(OC(F)F)cc2)nc2c1cnn2-c1ccccc1. The van der Waals surface area contributed by atoms with Gasteiger partial charge in [-0.15, -0.1) is 0 Å². The van der Waals surface area contributed by atoms with Crippen molar-refractivity contribution in [3.63, 3.8) is 0 Å². The Morgan fingerprint density at radius 3 is 2.57 bits per heavy atom. The van der Waals surface area contributed by atoms with E-state index in [4.69, 9.17) is 0 Å². The summed E-state index contributed by atoms with van der Waals surface area (Å²) in [6.45, 7) is -2.85. The number of rotatable bonds is 6. The summed E-state index contributed by atoms with van der Waals surface area (Å²) in [6, 6.07) is 15.8. The number of fused-ring (bicyclic) bond motifs is 1. The fourth-order valence-corrected chi connectivity index (χ4v) is 3.46. The van der Waals surface area contributed by atoms with Crippen LogP contribution >= 0.6 is 11.8 Å². The average molecular weight is 400 g/mol. The Kier molecular flexibility index (Phi) is 5.07. The van der Waals surface area contributed by atoms with Gasteiger partial charge in [0, 0.05) is 5.75 Å². The van der Waals surface area contributed by atoms with Gasteiger partial charge in [-0.05, 0) is 29.8 Å². The fraction of sp³-hybridized carbons (Fsp3) is 0.105. The number of thioether (sulfide) groups is 1. The molecule has 2 aromatic heterocycles. The third-order valence-electron chi connectivity index (χ3n) is 3.94. The van der Waals surface area contributed by atoms with Crippen LogP contribution in [-0.2, 0) is 5.75 Å². The summed E-state index contributed by atoms with van der Waals surface area (Å²) in [4.78, 5) is 19.6. The summed E-state index contributed by atoms with van der Waals surface area (Å²) in [6.07, 6.45) is 1.49. The summed E-state index contributed by atoms with van der Waals surface area (Å²) in [7, 11) is 0. The number of para-hydroxylation sites is 1. The van der Waals surface area contributed by atoms with E-state index in [1.165, 1.54) is 30.1 Å². The van der Waals surface area contributed by atoms with Crippen LogP contribution in [0.3, 0.4) is 0 Å². The zero-order valence-corrected chi connectivity index (χ0v) is 15.2. The number of nitrogens with one attached hydrogen (secondary N) is 1. The molecule has 0 amide bonds. The highest BCUT2D eigenvalue weighted by atomic mass is 32.2. The van der Waals surface area contributed by atoms with E-state index in [0.717, 1.165) is 11.3 Å². The predicted molar refractivity (Wildman–Crippen MR) is 102 cm³/mol. The number of aromatic nitrogens is 4. The quantitative estimate of drug-likeness (QED) is 0.391. The van der Waals surface area contributed by atoms with Crippen LogP contribution in [0.2, 0.25) is 0 Å². The van der Waals surface area contributed by atoms with E-state index in [9.17, 15) is 13.6 Å². The van der Waals surface area contributed by atoms with Crippen LogP contribution in [0.1, 0.15) is 5.56 Å². The van der Waals surface area contributed by atoms with Gasteiger partial charge in [0.05, 0.1) is 11.9 Å². The second-order valence-corrected chi connectivity index (χ2v) is 6.78. The minimum absolute atomic E-state index is 0.100. The van der Waals surface area contributed by atoms with Gasteiger partial charge in [-0.1, -0.05) is 42.1 Å². The first-order chi connectivity index (χ1) is 13.6. The van der Waals surface area contributed by atoms with Crippen molar-refractivity contribution >= 4 is 22.8 Å². The van der Waals surface area contributed by atoms with Gasteiger partial charge in [0.15, 0.2) is 10.8 Å². The smallest absolute Gasteiger partial charge is 0.387 e. The van der Waals surface area contributed by atoms with E-state index >= 15 is 0 Å². The number of H-pyrrole nitrogens is 1. The lowest BCUT2D eigenvalue weighted by Crippen LogP contribution is -2.09. The van der Waals surface area contributed by atoms with Gasteiger partial charge in [0.25, 0.3) is 5.56 Å². The van der Waals surface area contributed by atoms with Crippen molar-refractivity contribution in [2.24, 2.45) is 0 Å². The third-order valence-corrected chi connectivity index (χ3v) is 4.89. The average Bonchev–Trinajstić information content (AvgIpc) is 3.12. The van der Waals surface area contributed by atoms with E-state index in [0.29, 0.717) is 21.9 Å². The predicted octanol–water partition coefficient (Wildman–Crippen LogP) is 4.00. The van der Waals surface area contributed by atoms with E-state index in [1.54, 1.807) is 16.8 Å². The molecule has 0 saturated heterocycles. The molecule has 2 aromatic carbocycles. The molecule has 0 spiro atoms. The number of halogens is 2. The second kappa shape index (κ2) is 7.81. The largest absolute Gasteiger partial charge is 0.435 e. The topological polar surface area (TPSA) is 72.8 Å². The molecule has 6 nitrogen and oxygen atoms in total. The highest BCUT2D eigenvalue weighted by Crippen LogP contribution is 2.23. The Balaban J connectivity index is 1.57. The van der Waals surface area contributed by atoms with Crippen LogP contribution in [-0.4, -0.2) is 26.4 Å². The number of nitrogens with zero attached hydrogens (tertiary/aromatic N) is 3. The standard InChI is InChI=1S/C19H14F2N4O2S/c20-18(21)27-14-8-6-12(7-9-14)11-28-19-23-16-15(17(26)24-19)10-22-25(16)13-4-2-1-3-5-13/h1-10,18H,11H2,(H,23,24,26). The molecule has 0 saturated carbocycles. The molecule has 0 unspecified atom stereocenters. The van der Waals surface area contributed by atoms with E-state index < -0.39 is 6.61 Å². The van der Waals surface area contributed by atoms with Crippen LogP contribution < -0.4 is 10.3 Å². The van der Waals surface area contributed by atoms with Gasteiger partial charge in [0.1, 0.15) is 11.1 Å². The van der Waals surface area contributed by atoms with Gasteiger partial charge in [0.2, 0.25) is 0 Å². The molecule has 1 N–H and O–H groups in total. The van der Waals surface area contributed by atoms with Crippen molar-refractivity contribution in [1.29, 1.82) is 0 Å². The summed E-state index contributed by atoms with van der Waals surface area (Å²) in [5.74, 6) is 0.603. The second-order valence-electron chi connectivity index (χ2n) is 5.81. The molecule has 28 heavy (non-hydrogen) atoms. The lowest BCUT2D eigenvalue weighted by molar-refractivity contribution is -0.0498. The number of aromatic amines is 1. The van der Waals surface area contributed by atoms with Gasteiger partial charge >= 0.3 is 6.61 Å². The molecule has 4 aromatic rings. The molecule has 0 bridgehead atoms. The van der Waals surface area contributed by atoms with Crippen LogP contribution in [0.15, 0.2) is 70.7 Å². The first-order valence-electron chi connectivity index (χ1n) is 8.30. The van der Waals surface area contributed by atoms with Crippen molar-refractivity contribution < 1.29 is 13.5 Å². The number of hydrogen-bond acceptors (Lipinski definition) is 5. The van der Waals surface area contributed by atoms with Crippen molar-refractivity contribution in [3.05, 3.63) is 76.7 Å². The number of ether oxygens (including phenoxy) is 1. The Morgan fingerprint density at radius 1 is 1.11 bits per heavy atom. The van der Waals surface area contributed by atoms with Crippen molar-refractivity contribution in [3.8, 4) is 11.4 Å². The summed E-state index contributed by atoms with van der Waals surface area (Å²) in [5.41, 5.74) is 1.89. The van der Waals surface area contributed by atoms with Gasteiger partial charge in [-0.3, -0.25) is 4.79 Å². The Morgan fingerprint density at radius 2 is 1.86 bits per heavy atom. The zero-order valence-electron chi connectivity index (χ0n) is 14.4. The summed E-state index contributed by atoms with van der Waals surface area (Å²) in [5, 5.41) is 5.12. The molecule has 0 radical (unpaired) electrons. The first kappa shape index (κ1) is 18.2. The maximum Gasteiger partial charge on any atom is 0.387 e. The van der Waals surface area contributed by atoms with Crippen LogP contribution in [0.5, 0.6) is 5.75 Å². The molecule has 0 aliphatic heterocycles. The van der Waals surface area contributed by atoms with Crippen molar-refractivity contribution in [2.75, 3.05) is 0 Å². The van der Waals surface area contributed by atoms with Gasteiger partial charge in [-0.2, -0.15) is 13.9 Å². The lowest BCUT2D eigenvalue weighted by atomic mass is 10.2. The van der Waals surface area contributed by atoms with Crippen LogP contribution in [0, 0.1) is 0 Å². The number of benzene rings is 2. The molecule has 142 valence electrons. The maximum atomic E-state index is 12.4. The molecule has 0 fully saturated rings. The normalized spacial score (nSPS) is 11.2. The van der Waals surface area contributed by atoms with Gasteiger partial charge in [-0.25, -0.2) is 9.67 Å². The Labute approximate surface area is 162 Å². The van der Waals surface area contributed by atoms with Crippen LogP contribution in [0.25, 0.3) is 16.7 Å². The number of alkyl halides is 2. The van der Waals surface area contributed by atoms with Crippen molar-refractivity contribution in [2.45, 2.75) is 17.5 Å². The molecular formula is C19H14F2N4O2S. The third kappa shape index (κ3) is 3.89. The highest BCUT2D eigenvalue weighted by Gasteiger charge is 2.12. The molecular weight excluding hydrogens is 386 g/mol. The van der Waals surface area contributed by atoms with E-state index in [-0.39, 0.29) is 11.3 Å². The lowest BCUT2D eigenvalue weighted by Gasteiger charge is -2.06. The minimum Gasteiger partial charge on any atom is -0.435 e. The Bertz CT molecular complexity index is 1140. The molecule has 9 heteroatoms. The Hall–Kier alpha value is -3.20. The monoisotopic (exact) mass is 400 g/mol. The fourth-order valence-electron chi connectivity index (χ4n) is 2.64. The van der Waals surface area contributed by atoms with Gasteiger partial charge < -0.3 is 9.72 Å². The molecule has 2 heterocycles.